The van der Waals surface area contributed by atoms with Crippen molar-refractivity contribution in [2.75, 3.05) is 0 Å². The molecule has 0 aromatic heterocycles. The lowest BCUT2D eigenvalue weighted by molar-refractivity contribution is -0.149. The molecule has 1 aliphatic rings. The Morgan fingerprint density at radius 3 is 2.19 bits per heavy atom. The van der Waals surface area contributed by atoms with Crippen LogP contribution in [0.3, 0.4) is 0 Å². The Balaban J connectivity index is 2.08. The van der Waals surface area contributed by atoms with E-state index in [1.807, 2.05) is 0 Å². The third-order valence-electron chi connectivity index (χ3n) is 6.27. The minimum atomic E-state index is -1.28. The predicted octanol–water partition coefficient (Wildman–Crippen LogP) is 6.95. The van der Waals surface area contributed by atoms with Gasteiger partial charge in [-0.05, 0) is 50.9 Å². The maximum absolute atomic E-state index is 11.1. The monoisotopic (exact) mass is 378 g/mol. The van der Waals surface area contributed by atoms with Crippen molar-refractivity contribution in [3.8, 4) is 0 Å². The maximum Gasteiger partial charge on any atom is 0.372 e. The number of hydrogen-bond donors (Lipinski definition) is 1. The van der Waals surface area contributed by atoms with Gasteiger partial charge in [-0.3, -0.25) is 4.79 Å². The second kappa shape index (κ2) is 14.0. The molecule has 0 aromatic rings. The minimum Gasteiger partial charge on any atom is -0.476 e. The van der Waals surface area contributed by atoms with E-state index in [-0.39, 0.29) is 6.42 Å². The summed E-state index contributed by atoms with van der Waals surface area (Å²) in [5, 5.41) is 8.60. The van der Waals surface area contributed by atoms with E-state index in [9.17, 15) is 9.59 Å². The van der Waals surface area contributed by atoms with Crippen LogP contribution in [0.4, 0.5) is 0 Å². The van der Waals surface area contributed by atoms with Crippen LogP contribution in [0, 0.1) is 17.8 Å². The molecule has 0 amide bonds. The number of rotatable bonds is 15. The Labute approximate surface area is 167 Å². The molecule has 1 N–H and O–H groups in total. The van der Waals surface area contributed by atoms with E-state index in [0.29, 0.717) is 0 Å². The molecule has 1 saturated carbocycles. The number of carbonyl (C=O) groups is 2. The Morgan fingerprint density at radius 1 is 0.963 bits per heavy atom. The van der Waals surface area contributed by atoms with Crippen molar-refractivity contribution in [1.29, 1.82) is 0 Å². The van der Waals surface area contributed by atoms with Crippen LogP contribution in [0.5, 0.6) is 0 Å². The van der Waals surface area contributed by atoms with Crippen LogP contribution >= 0.6 is 0 Å². The highest BCUT2D eigenvalue weighted by atomic mass is 16.4. The van der Waals surface area contributed by atoms with Crippen molar-refractivity contribution in [1.82, 2.24) is 0 Å². The lowest BCUT2D eigenvalue weighted by Gasteiger charge is -2.20. The number of Topliss-reactive ketones (excluding diaryl/α,β-unsaturated/α-hetero) is 1. The lowest BCUT2D eigenvalue weighted by atomic mass is 9.86. The Bertz CT molecular complexity index is 462. The quantitative estimate of drug-likeness (QED) is 0.190. The summed E-state index contributed by atoms with van der Waals surface area (Å²) < 4.78 is 0. The van der Waals surface area contributed by atoms with E-state index in [2.05, 4.69) is 26.8 Å². The van der Waals surface area contributed by atoms with Gasteiger partial charge in [0.1, 0.15) is 0 Å². The van der Waals surface area contributed by atoms with Crippen LogP contribution in [-0.4, -0.2) is 16.9 Å². The van der Waals surface area contributed by atoms with Crippen molar-refractivity contribution in [3.63, 3.8) is 0 Å². The second-order valence-electron chi connectivity index (χ2n) is 9.03. The summed E-state index contributed by atoms with van der Waals surface area (Å²) in [4.78, 5) is 21.6. The fourth-order valence-electron chi connectivity index (χ4n) is 4.55. The smallest absolute Gasteiger partial charge is 0.372 e. The normalized spacial score (nSPS) is 20.4. The van der Waals surface area contributed by atoms with Gasteiger partial charge in [-0.15, -0.1) is 0 Å². The molecule has 1 fully saturated rings. The summed E-state index contributed by atoms with van der Waals surface area (Å²) in [6, 6.07) is 0. The van der Waals surface area contributed by atoms with Crippen molar-refractivity contribution in [2.24, 2.45) is 17.8 Å². The summed E-state index contributed by atoms with van der Waals surface area (Å²) >= 11 is 0. The molecule has 3 heteroatoms. The van der Waals surface area contributed by atoms with Gasteiger partial charge in [-0.1, -0.05) is 82.8 Å². The molecular formula is C24H42O3. The van der Waals surface area contributed by atoms with Gasteiger partial charge in [0.2, 0.25) is 5.78 Å². The van der Waals surface area contributed by atoms with Gasteiger partial charge in [-0.25, -0.2) is 4.79 Å². The average molecular weight is 379 g/mol. The number of allylic oxidation sites excluding steroid dienone is 2. The van der Waals surface area contributed by atoms with E-state index in [0.717, 1.165) is 37.0 Å². The van der Waals surface area contributed by atoms with E-state index in [1.165, 1.54) is 69.8 Å². The van der Waals surface area contributed by atoms with Gasteiger partial charge < -0.3 is 5.11 Å². The van der Waals surface area contributed by atoms with Crippen LogP contribution in [0.15, 0.2) is 11.6 Å². The van der Waals surface area contributed by atoms with E-state index in [4.69, 9.17) is 5.11 Å². The zero-order valence-electron chi connectivity index (χ0n) is 18.0. The first-order valence-electron chi connectivity index (χ1n) is 11.3. The molecule has 0 bridgehead atoms. The number of carboxylic acid groups (broad SMARTS) is 1. The first-order chi connectivity index (χ1) is 12.9. The highest BCUT2D eigenvalue weighted by Gasteiger charge is 2.26. The number of unbranched alkanes of at least 4 members (excludes halogenated alkanes) is 3. The number of ketones is 1. The predicted molar refractivity (Wildman–Crippen MR) is 113 cm³/mol. The molecule has 3 nitrogen and oxygen atoms in total. The van der Waals surface area contributed by atoms with Gasteiger partial charge in [-0.2, -0.15) is 0 Å². The first-order valence-corrected chi connectivity index (χ1v) is 11.3. The third-order valence-corrected chi connectivity index (χ3v) is 6.27. The minimum absolute atomic E-state index is 0.204. The molecule has 3 atom stereocenters. The Hall–Kier alpha value is -1.12. The summed E-state index contributed by atoms with van der Waals surface area (Å²) in [6.45, 7) is 6.75. The van der Waals surface area contributed by atoms with Gasteiger partial charge >= 0.3 is 5.97 Å². The van der Waals surface area contributed by atoms with Crippen LogP contribution in [0.25, 0.3) is 0 Å². The summed E-state index contributed by atoms with van der Waals surface area (Å²) in [5.41, 5.74) is 1.43. The first kappa shape index (κ1) is 23.9. The second-order valence-corrected chi connectivity index (χ2v) is 9.03. The highest BCUT2D eigenvalue weighted by molar-refractivity contribution is 6.32. The van der Waals surface area contributed by atoms with E-state index >= 15 is 0 Å². The zero-order chi connectivity index (χ0) is 20.1. The topological polar surface area (TPSA) is 54.4 Å². The van der Waals surface area contributed by atoms with Crippen LogP contribution in [0.2, 0.25) is 0 Å². The molecule has 0 radical (unpaired) electrons. The van der Waals surface area contributed by atoms with E-state index < -0.39 is 11.8 Å². The number of aliphatic carboxylic acids is 1. The molecule has 1 rings (SSSR count). The Morgan fingerprint density at radius 2 is 1.59 bits per heavy atom. The maximum atomic E-state index is 11.1. The summed E-state index contributed by atoms with van der Waals surface area (Å²) in [5.74, 6) is 0.705. The van der Waals surface area contributed by atoms with Gasteiger partial charge in [0, 0.05) is 6.42 Å². The Kier molecular flexibility index (Phi) is 12.4. The van der Waals surface area contributed by atoms with Crippen molar-refractivity contribution in [2.45, 2.75) is 111 Å². The molecule has 0 spiro atoms. The average Bonchev–Trinajstić information content (AvgIpc) is 3.05. The number of carbonyl (C=O) groups excluding carboxylic acids is 1. The molecule has 156 valence electrons. The van der Waals surface area contributed by atoms with Gasteiger partial charge in [0.05, 0.1) is 0 Å². The molecule has 1 aliphatic carbocycles. The number of carboxylic acids is 1. The molecule has 27 heavy (non-hydrogen) atoms. The standard InChI is InChI=1S/C24H42O3/c1-19(2)11-9-13-20(3)12-7-8-15-22-17-10-16-21(22)14-5-4-6-18-23(25)24(26)27/h11,20-22H,4-10,12-18H2,1-3H3,(H,26,27)/t20?,21-,22-/m0/s1. The van der Waals surface area contributed by atoms with Crippen LogP contribution in [0.1, 0.15) is 111 Å². The largest absolute Gasteiger partial charge is 0.476 e. The summed E-state index contributed by atoms with van der Waals surface area (Å²) in [7, 11) is 0. The van der Waals surface area contributed by atoms with Gasteiger partial charge in [0.25, 0.3) is 0 Å². The van der Waals surface area contributed by atoms with Crippen LogP contribution < -0.4 is 0 Å². The highest BCUT2D eigenvalue weighted by Crippen LogP contribution is 2.38. The molecule has 0 heterocycles. The summed E-state index contributed by atoms with van der Waals surface area (Å²) in [6.07, 6.45) is 18.9. The van der Waals surface area contributed by atoms with E-state index in [1.54, 1.807) is 0 Å². The molecule has 0 saturated heterocycles. The number of hydrogen-bond acceptors (Lipinski definition) is 2. The fourth-order valence-corrected chi connectivity index (χ4v) is 4.55. The molecule has 0 aromatic carbocycles. The van der Waals surface area contributed by atoms with Crippen LogP contribution in [-0.2, 0) is 9.59 Å². The van der Waals surface area contributed by atoms with Crippen molar-refractivity contribution in [3.05, 3.63) is 11.6 Å². The molecule has 1 unspecified atom stereocenters. The SMILES string of the molecule is CC(C)=CCCC(C)CCCC[C@H]1CCC[C@@H]1CCCCCC(=O)C(=O)O. The van der Waals surface area contributed by atoms with Gasteiger partial charge in [0.15, 0.2) is 0 Å². The molecular weight excluding hydrogens is 336 g/mol. The zero-order valence-corrected chi connectivity index (χ0v) is 18.0. The fraction of sp³-hybridized carbons (Fsp3) is 0.833. The molecule has 0 aliphatic heterocycles. The van der Waals surface area contributed by atoms with Crippen molar-refractivity contribution >= 4 is 11.8 Å². The third kappa shape index (κ3) is 11.3. The lowest BCUT2D eigenvalue weighted by Crippen LogP contribution is -2.12. The van der Waals surface area contributed by atoms with Crippen molar-refractivity contribution < 1.29 is 14.7 Å².